The summed E-state index contributed by atoms with van der Waals surface area (Å²) in [5.74, 6) is -0.0884. The van der Waals surface area contributed by atoms with Crippen LogP contribution in [-0.4, -0.2) is 24.5 Å². The van der Waals surface area contributed by atoms with Gasteiger partial charge >= 0.3 is 0 Å². The number of carbonyl (C=O) groups excluding carboxylic acids is 2. The summed E-state index contributed by atoms with van der Waals surface area (Å²) in [6.07, 6.45) is 0.589. The Labute approximate surface area is 152 Å². The summed E-state index contributed by atoms with van der Waals surface area (Å²) in [6.45, 7) is 2.39. The molecule has 3 rings (SSSR count). The van der Waals surface area contributed by atoms with E-state index < -0.39 is 11.9 Å². The Morgan fingerprint density at radius 1 is 1.08 bits per heavy atom. The molecule has 26 heavy (non-hydrogen) atoms. The van der Waals surface area contributed by atoms with E-state index in [0.717, 1.165) is 5.56 Å². The van der Waals surface area contributed by atoms with Crippen LogP contribution in [0.1, 0.15) is 35.3 Å². The van der Waals surface area contributed by atoms with Crippen molar-refractivity contribution in [2.24, 2.45) is 0 Å². The second kappa shape index (κ2) is 8.46. The van der Waals surface area contributed by atoms with Crippen LogP contribution in [0, 0.1) is 0 Å². The van der Waals surface area contributed by atoms with E-state index >= 15 is 0 Å². The first kappa shape index (κ1) is 17.9. The smallest absolute Gasteiger partial charge is 0.269 e. The second-order valence-corrected chi connectivity index (χ2v) is 5.94. The van der Waals surface area contributed by atoms with Crippen molar-refractivity contribution in [3.05, 3.63) is 65.7 Å². The molecule has 136 valence electrons. The maximum Gasteiger partial charge on any atom is 0.269 e. The molecule has 2 aromatic rings. The lowest BCUT2D eigenvalue weighted by molar-refractivity contribution is -0.123. The van der Waals surface area contributed by atoms with Crippen molar-refractivity contribution in [1.29, 1.82) is 0 Å². The van der Waals surface area contributed by atoms with Gasteiger partial charge in [-0.15, -0.1) is 0 Å². The van der Waals surface area contributed by atoms with Crippen molar-refractivity contribution >= 4 is 11.8 Å². The number of amides is 2. The summed E-state index contributed by atoms with van der Waals surface area (Å²) in [5.41, 5.74) is 12.5. The first-order valence-electron chi connectivity index (χ1n) is 8.56. The standard InChI is InChI=1S/C19H22N4O3/c1-2-26-15-10-6-9-14(11-15)18(24)22-23-19(25)17-12-16(20-21-17)13-7-4-3-5-8-13/h3-11,16-17,20-21H,2,12H2,1H3,(H,22,24)(H,23,25). The first-order chi connectivity index (χ1) is 12.7. The Bertz CT molecular complexity index is 766. The van der Waals surface area contributed by atoms with E-state index in [-0.39, 0.29) is 11.9 Å². The molecule has 1 aliphatic rings. The second-order valence-electron chi connectivity index (χ2n) is 5.94. The zero-order chi connectivity index (χ0) is 18.4. The van der Waals surface area contributed by atoms with Gasteiger partial charge in [0.2, 0.25) is 0 Å². The van der Waals surface area contributed by atoms with Crippen LogP contribution in [0.15, 0.2) is 54.6 Å². The molecule has 0 spiro atoms. The van der Waals surface area contributed by atoms with Crippen LogP contribution in [-0.2, 0) is 4.79 Å². The summed E-state index contributed by atoms with van der Waals surface area (Å²) in [5, 5.41) is 0. The van der Waals surface area contributed by atoms with Gasteiger partial charge in [-0.05, 0) is 37.1 Å². The van der Waals surface area contributed by atoms with E-state index in [1.165, 1.54) is 0 Å². The predicted octanol–water partition coefficient (Wildman–Crippen LogP) is 1.45. The highest BCUT2D eigenvalue weighted by molar-refractivity contribution is 5.96. The molecule has 2 aromatic carbocycles. The van der Waals surface area contributed by atoms with E-state index in [4.69, 9.17) is 4.74 Å². The Morgan fingerprint density at radius 2 is 1.88 bits per heavy atom. The van der Waals surface area contributed by atoms with Gasteiger partial charge in [-0.1, -0.05) is 36.4 Å². The topological polar surface area (TPSA) is 91.5 Å². The molecule has 0 bridgehead atoms. The third-order valence-electron chi connectivity index (χ3n) is 4.13. The highest BCUT2D eigenvalue weighted by Gasteiger charge is 2.30. The largest absolute Gasteiger partial charge is 0.494 e. The molecular weight excluding hydrogens is 332 g/mol. The number of rotatable bonds is 5. The van der Waals surface area contributed by atoms with Crippen LogP contribution < -0.4 is 26.4 Å². The summed E-state index contributed by atoms with van der Waals surface area (Å²) in [7, 11) is 0. The third-order valence-corrected chi connectivity index (χ3v) is 4.13. The van der Waals surface area contributed by atoms with E-state index in [1.54, 1.807) is 24.3 Å². The lowest BCUT2D eigenvalue weighted by Gasteiger charge is -2.12. The highest BCUT2D eigenvalue weighted by Crippen LogP contribution is 2.21. The molecular formula is C19H22N4O3. The molecule has 0 radical (unpaired) electrons. The number of hydrogen-bond donors (Lipinski definition) is 4. The number of hydrogen-bond acceptors (Lipinski definition) is 5. The van der Waals surface area contributed by atoms with Gasteiger partial charge in [0.25, 0.3) is 11.8 Å². The average molecular weight is 354 g/mol. The lowest BCUT2D eigenvalue weighted by atomic mass is 10.0. The van der Waals surface area contributed by atoms with E-state index in [9.17, 15) is 9.59 Å². The molecule has 2 atom stereocenters. The zero-order valence-corrected chi connectivity index (χ0v) is 14.5. The maximum absolute atomic E-state index is 12.3. The molecule has 1 saturated heterocycles. The Morgan fingerprint density at radius 3 is 2.65 bits per heavy atom. The van der Waals surface area contributed by atoms with Crippen LogP contribution >= 0.6 is 0 Å². The summed E-state index contributed by atoms with van der Waals surface area (Å²) < 4.78 is 5.37. The first-order valence-corrected chi connectivity index (χ1v) is 8.56. The van der Waals surface area contributed by atoms with Crippen LogP contribution in [0.3, 0.4) is 0 Å². The minimum absolute atomic E-state index is 0.0468. The fraction of sp³-hybridized carbons (Fsp3) is 0.263. The maximum atomic E-state index is 12.3. The summed E-state index contributed by atoms with van der Waals surface area (Å²) in [6, 6.07) is 16.3. The van der Waals surface area contributed by atoms with Gasteiger partial charge in [-0.3, -0.25) is 20.4 Å². The molecule has 2 amide bonds. The van der Waals surface area contributed by atoms with Gasteiger partial charge in [-0.2, -0.15) is 0 Å². The predicted molar refractivity (Wildman–Crippen MR) is 97.1 cm³/mol. The van der Waals surface area contributed by atoms with Gasteiger partial charge in [0, 0.05) is 11.6 Å². The Balaban J connectivity index is 1.51. The molecule has 0 aromatic heterocycles. The molecule has 2 unspecified atom stereocenters. The van der Waals surface area contributed by atoms with Crippen molar-refractivity contribution < 1.29 is 14.3 Å². The van der Waals surface area contributed by atoms with Gasteiger partial charge in [-0.25, -0.2) is 10.9 Å². The van der Waals surface area contributed by atoms with Crippen LogP contribution in [0.2, 0.25) is 0 Å². The number of carbonyl (C=O) groups is 2. The van der Waals surface area contributed by atoms with Crippen molar-refractivity contribution in [2.75, 3.05) is 6.61 Å². The third kappa shape index (κ3) is 4.38. The van der Waals surface area contributed by atoms with Crippen molar-refractivity contribution in [3.8, 4) is 5.75 Å². The van der Waals surface area contributed by atoms with Crippen LogP contribution in [0.5, 0.6) is 5.75 Å². The van der Waals surface area contributed by atoms with Gasteiger partial charge in [0.15, 0.2) is 0 Å². The minimum Gasteiger partial charge on any atom is -0.494 e. The van der Waals surface area contributed by atoms with E-state index in [2.05, 4.69) is 21.7 Å². The SMILES string of the molecule is CCOc1cccc(C(=O)NNC(=O)C2CC(c3ccccc3)NN2)c1. The lowest BCUT2D eigenvalue weighted by Crippen LogP contribution is -2.50. The summed E-state index contributed by atoms with van der Waals surface area (Å²) >= 11 is 0. The highest BCUT2D eigenvalue weighted by atomic mass is 16.5. The summed E-state index contributed by atoms with van der Waals surface area (Å²) in [4.78, 5) is 24.5. The van der Waals surface area contributed by atoms with Crippen molar-refractivity contribution in [3.63, 3.8) is 0 Å². The number of benzene rings is 2. The zero-order valence-electron chi connectivity index (χ0n) is 14.5. The van der Waals surface area contributed by atoms with Crippen LogP contribution in [0.4, 0.5) is 0 Å². The Kier molecular flexibility index (Phi) is 5.83. The normalized spacial score (nSPS) is 19.0. The number of nitrogens with one attached hydrogen (secondary N) is 4. The van der Waals surface area contributed by atoms with Gasteiger partial charge in [0.05, 0.1) is 6.61 Å². The molecule has 1 fully saturated rings. The molecule has 7 heteroatoms. The molecule has 1 heterocycles. The number of ether oxygens (including phenoxy) is 1. The average Bonchev–Trinajstić information content (AvgIpc) is 3.17. The molecule has 7 nitrogen and oxygen atoms in total. The molecule has 0 saturated carbocycles. The molecule has 0 aliphatic carbocycles. The number of hydrazine groups is 2. The van der Waals surface area contributed by atoms with E-state index in [1.807, 2.05) is 37.3 Å². The molecule has 4 N–H and O–H groups in total. The monoisotopic (exact) mass is 354 g/mol. The quantitative estimate of drug-likeness (QED) is 0.610. The van der Waals surface area contributed by atoms with Crippen molar-refractivity contribution in [1.82, 2.24) is 21.7 Å². The molecule has 1 aliphatic heterocycles. The van der Waals surface area contributed by atoms with E-state index in [0.29, 0.717) is 24.3 Å². The fourth-order valence-corrected chi connectivity index (χ4v) is 2.80. The van der Waals surface area contributed by atoms with Crippen LogP contribution in [0.25, 0.3) is 0 Å². The fourth-order valence-electron chi connectivity index (χ4n) is 2.80. The van der Waals surface area contributed by atoms with Gasteiger partial charge < -0.3 is 4.74 Å². The Hall–Kier alpha value is -2.90. The minimum atomic E-state index is -0.435. The van der Waals surface area contributed by atoms with Gasteiger partial charge in [0.1, 0.15) is 11.8 Å². The van der Waals surface area contributed by atoms with Crippen molar-refractivity contribution in [2.45, 2.75) is 25.4 Å².